The highest BCUT2D eigenvalue weighted by molar-refractivity contribution is 9.10. The van der Waals surface area contributed by atoms with Crippen LogP contribution >= 0.6 is 15.9 Å². The maximum atomic E-state index is 11.3. The number of ether oxygens (including phenoxy) is 1. The molecule has 0 bridgehead atoms. The monoisotopic (exact) mass is 333 g/mol. The van der Waals surface area contributed by atoms with Gasteiger partial charge in [-0.3, -0.25) is 0 Å². The number of halogens is 1. The molecule has 20 heavy (non-hydrogen) atoms. The van der Waals surface area contributed by atoms with Crippen molar-refractivity contribution in [1.82, 2.24) is 9.97 Å². The molecular weight excluding hydrogens is 322 g/mol. The highest BCUT2D eigenvalue weighted by atomic mass is 79.9. The molecule has 0 radical (unpaired) electrons. The fourth-order valence-corrected chi connectivity index (χ4v) is 2.85. The first-order valence-electron chi connectivity index (χ1n) is 6.16. The normalized spacial score (nSPS) is 13.2. The second-order valence-corrected chi connectivity index (χ2v) is 5.24. The van der Waals surface area contributed by atoms with Gasteiger partial charge >= 0.3 is 5.97 Å². The fraction of sp³-hybridized carbons (Fsp3) is 0.214. The Morgan fingerprint density at radius 1 is 1.35 bits per heavy atom. The van der Waals surface area contributed by atoms with Crippen LogP contribution in [0.2, 0.25) is 0 Å². The predicted molar refractivity (Wildman–Crippen MR) is 78.2 cm³/mol. The minimum atomic E-state index is -0.478. The van der Waals surface area contributed by atoms with Crippen LogP contribution < -0.4 is 4.90 Å². The van der Waals surface area contributed by atoms with E-state index < -0.39 is 5.97 Å². The average Bonchev–Trinajstić information content (AvgIpc) is 2.92. The Labute approximate surface area is 124 Å². The number of aromatic nitrogens is 2. The van der Waals surface area contributed by atoms with Gasteiger partial charge in [-0.15, -0.1) is 0 Å². The minimum absolute atomic E-state index is 0.213. The molecule has 0 atom stereocenters. The van der Waals surface area contributed by atoms with E-state index in [0.29, 0.717) is 0 Å². The molecule has 1 aliphatic heterocycles. The second-order valence-electron chi connectivity index (χ2n) is 4.39. The number of rotatable bonds is 2. The van der Waals surface area contributed by atoms with Crippen LogP contribution in [0.1, 0.15) is 16.1 Å². The summed E-state index contributed by atoms with van der Waals surface area (Å²) in [7, 11) is 1.33. The predicted octanol–water partition coefficient (Wildman–Crippen LogP) is 2.72. The number of hydrogen-bond acceptors (Lipinski definition) is 5. The van der Waals surface area contributed by atoms with Gasteiger partial charge in [0.2, 0.25) is 0 Å². The van der Waals surface area contributed by atoms with Gasteiger partial charge in [-0.05, 0) is 24.1 Å². The topological polar surface area (TPSA) is 55.3 Å². The van der Waals surface area contributed by atoms with Crippen molar-refractivity contribution < 1.29 is 9.53 Å². The molecule has 5 nitrogen and oxygen atoms in total. The summed E-state index contributed by atoms with van der Waals surface area (Å²) in [5.41, 5.74) is 2.61. The van der Waals surface area contributed by atoms with E-state index in [2.05, 4.69) is 41.6 Å². The molecule has 0 spiro atoms. The molecule has 1 aromatic carbocycles. The molecule has 1 aromatic heterocycles. The van der Waals surface area contributed by atoms with E-state index in [4.69, 9.17) is 0 Å². The first-order chi connectivity index (χ1) is 9.70. The van der Waals surface area contributed by atoms with Crippen LogP contribution in [0.4, 0.5) is 11.5 Å². The van der Waals surface area contributed by atoms with Gasteiger partial charge in [0.1, 0.15) is 0 Å². The number of benzene rings is 1. The Kier molecular flexibility index (Phi) is 3.40. The van der Waals surface area contributed by atoms with Crippen molar-refractivity contribution in [2.45, 2.75) is 6.42 Å². The summed E-state index contributed by atoms with van der Waals surface area (Å²) in [5, 5.41) is 0. The Hall–Kier alpha value is -1.95. The molecule has 0 unspecified atom stereocenters. The lowest BCUT2D eigenvalue weighted by Gasteiger charge is -2.17. The summed E-state index contributed by atoms with van der Waals surface area (Å²) in [6.45, 7) is 0.851. The smallest absolute Gasteiger partial charge is 0.358 e. The van der Waals surface area contributed by atoms with Crippen LogP contribution in [0.5, 0.6) is 0 Å². The number of carbonyl (C=O) groups excluding carboxylic acids is 1. The van der Waals surface area contributed by atoms with Crippen molar-refractivity contribution in [3.05, 3.63) is 46.3 Å². The van der Waals surface area contributed by atoms with Crippen molar-refractivity contribution in [1.29, 1.82) is 0 Å². The number of esters is 1. The third-order valence-corrected chi connectivity index (χ3v) is 4.02. The molecular formula is C14H12BrN3O2. The lowest BCUT2D eigenvalue weighted by molar-refractivity contribution is 0.0593. The highest BCUT2D eigenvalue weighted by Crippen LogP contribution is 2.37. The van der Waals surface area contributed by atoms with Crippen molar-refractivity contribution >= 4 is 33.4 Å². The van der Waals surface area contributed by atoms with Crippen molar-refractivity contribution in [2.75, 3.05) is 18.6 Å². The average molecular weight is 334 g/mol. The zero-order valence-corrected chi connectivity index (χ0v) is 12.4. The lowest BCUT2D eigenvalue weighted by atomic mass is 10.2. The van der Waals surface area contributed by atoms with Gasteiger partial charge in [-0.2, -0.15) is 0 Å². The van der Waals surface area contributed by atoms with Gasteiger partial charge in [-0.1, -0.05) is 22.0 Å². The number of fused-ring (bicyclic) bond motifs is 1. The molecule has 2 aromatic rings. The molecule has 1 aliphatic rings. The van der Waals surface area contributed by atoms with Crippen molar-refractivity contribution in [3.8, 4) is 0 Å². The molecule has 2 heterocycles. The number of carbonyl (C=O) groups is 1. The molecule has 0 saturated heterocycles. The lowest BCUT2D eigenvalue weighted by Crippen LogP contribution is -2.16. The quantitative estimate of drug-likeness (QED) is 0.791. The molecule has 0 N–H and O–H groups in total. The molecule has 0 saturated carbocycles. The van der Waals surface area contributed by atoms with E-state index >= 15 is 0 Å². The molecule has 6 heteroatoms. The van der Waals surface area contributed by atoms with Gasteiger partial charge in [-0.25, -0.2) is 14.8 Å². The molecule has 0 aliphatic carbocycles. The SMILES string of the molecule is COC(=O)c1cnc(N2CCc3c(Br)cccc32)cn1. The van der Waals surface area contributed by atoms with E-state index in [0.717, 1.165) is 28.9 Å². The largest absolute Gasteiger partial charge is 0.464 e. The summed E-state index contributed by atoms with van der Waals surface area (Å²) < 4.78 is 5.72. The van der Waals surface area contributed by atoms with E-state index in [1.165, 1.54) is 18.9 Å². The first kappa shape index (κ1) is 13.1. The van der Waals surface area contributed by atoms with Gasteiger partial charge in [0, 0.05) is 16.7 Å². The molecule has 3 rings (SSSR count). The first-order valence-corrected chi connectivity index (χ1v) is 6.95. The van der Waals surface area contributed by atoms with Crippen molar-refractivity contribution in [2.24, 2.45) is 0 Å². The summed E-state index contributed by atoms with van der Waals surface area (Å²) >= 11 is 3.56. The zero-order valence-electron chi connectivity index (χ0n) is 10.8. The summed E-state index contributed by atoms with van der Waals surface area (Å²) in [5.74, 6) is 0.253. The van der Waals surface area contributed by atoms with Gasteiger partial charge in [0.25, 0.3) is 0 Å². The van der Waals surface area contributed by atoms with E-state index in [9.17, 15) is 4.79 Å². The number of nitrogens with zero attached hydrogens (tertiary/aromatic N) is 3. The third kappa shape index (κ3) is 2.16. The standard InChI is InChI=1S/C14H12BrN3O2/c1-20-14(19)11-7-17-13(8-16-11)18-6-5-9-10(15)3-2-4-12(9)18/h2-4,7-8H,5-6H2,1H3. The van der Waals surface area contributed by atoms with Crippen molar-refractivity contribution in [3.63, 3.8) is 0 Å². The maximum absolute atomic E-state index is 11.3. The van der Waals surface area contributed by atoms with Crippen LogP contribution in [-0.2, 0) is 11.2 Å². The molecule has 0 amide bonds. The van der Waals surface area contributed by atoms with Crippen LogP contribution in [0.3, 0.4) is 0 Å². The summed E-state index contributed by atoms with van der Waals surface area (Å²) in [4.78, 5) is 21.8. The maximum Gasteiger partial charge on any atom is 0.358 e. The Balaban J connectivity index is 1.93. The van der Waals surface area contributed by atoms with Gasteiger partial charge < -0.3 is 9.64 Å². The van der Waals surface area contributed by atoms with E-state index in [1.54, 1.807) is 6.20 Å². The Bertz CT molecular complexity index is 658. The molecule has 0 fully saturated rings. The van der Waals surface area contributed by atoms with Crippen LogP contribution in [0, 0.1) is 0 Å². The van der Waals surface area contributed by atoms with Crippen LogP contribution in [0.25, 0.3) is 0 Å². The Morgan fingerprint density at radius 2 is 2.20 bits per heavy atom. The van der Waals surface area contributed by atoms with Crippen LogP contribution in [-0.4, -0.2) is 29.6 Å². The number of anilines is 2. The van der Waals surface area contributed by atoms with Crippen LogP contribution in [0.15, 0.2) is 35.1 Å². The third-order valence-electron chi connectivity index (χ3n) is 3.28. The fourth-order valence-electron chi connectivity index (χ4n) is 2.30. The summed E-state index contributed by atoms with van der Waals surface area (Å²) in [6.07, 6.45) is 4.00. The van der Waals surface area contributed by atoms with Gasteiger partial charge in [0.15, 0.2) is 11.5 Å². The highest BCUT2D eigenvalue weighted by Gasteiger charge is 2.23. The zero-order chi connectivity index (χ0) is 14.1. The minimum Gasteiger partial charge on any atom is -0.464 e. The Morgan fingerprint density at radius 3 is 2.90 bits per heavy atom. The second kappa shape index (κ2) is 5.20. The van der Waals surface area contributed by atoms with E-state index in [1.807, 2.05) is 12.1 Å². The summed E-state index contributed by atoms with van der Waals surface area (Å²) in [6, 6.07) is 6.09. The number of methoxy groups -OCH3 is 1. The van der Waals surface area contributed by atoms with Gasteiger partial charge in [0.05, 0.1) is 19.5 Å². The molecule has 102 valence electrons. The number of hydrogen-bond donors (Lipinski definition) is 0. The van der Waals surface area contributed by atoms with E-state index in [-0.39, 0.29) is 5.69 Å².